The van der Waals surface area contributed by atoms with Crippen molar-refractivity contribution in [3.05, 3.63) is 84.2 Å². The number of benzene rings is 2. The maximum absolute atomic E-state index is 11.8. The third-order valence-electron chi connectivity index (χ3n) is 4.30. The lowest BCUT2D eigenvalue weighted by Crippen LogP contribution is -2.27. The Morgan fingerprint density at radius 2 is 1.57 bits per heavy atom. The van der Waals surface area contributed by atoms with E-state index < -0.39 is 5.60 Å². The van der Waals surface area contributed by atoms with Crippen molar-refractivity contribution in [2.75, 3.05) is 6.61 Å². The molecule has 0 saturated carbocycles. The number of nitrogens with zero attached hydrogens (tertiary/aromatic N) is 1. The summed E-state index contributed by atoms with van der Waals surface area (Å²) in [5, 5.41) is 3.44. The van der Waals surface area contributed by atoms with Crippen LogP contribution in [0, 0.1) is 0 Å². The van der Waals surface area contributed by atoms with Gasteiger partial charge in [0.25, 0.3) is 0 Å². The maximum Gasteiger partial charge on any atom is 0.344 e. The third-order valence-corrected chi connectivity index (χ3v) is 4.30. The zero-order valence-electron chi connectivity index (χ0n) is 17.7. The van der Waals surface area contributed by atoms with E-state index in [1.165, 1.54) is 11.1 Å². The first-order valence-electron chi connectivity index (χ1n) is 10.0. The topological polar surface area (TPSA) is 60.5 Å². The molecule has 0 amide bonds. The molecule has 0 unspecified atom stereocenters. The summed E-state index contributed by atoms with van der Waals surface area (Å²) in [6.45, 7) is 6.88. The van der Waals surface area contributed by atoms with Crippen molar-refractivity contribution in [1.82, 2.24) is 10.3 Å². The van der Waals surface area contributed by atoms with Crippen molar-refractivity contribution in [3.63, 3.8) is 0 Å². The van der Waals surface area contributed by atoms with Gasteiger partial charge in [-0.05, 0) is 67.3 Å². The van der Waals surface area contributed by atoms with Crippen molar-refractivity contribution < 1.29 is 14.3 Å². The summed E-state index contributed by atoms with van der Waals surface area (Å²) in [7, 11) is 0. The fourth-order valence-electron chi connectivity index (χ4n) is 2.97. The molecule has 1 aromatic heterocycles. The minimum absolute atomic E-state index is 0.0992. The van der Waals surface area contributed by atoms with Crippen LogP contribution in [0.5, 0.6) is 5.75 Å². The van der Waals surface area contributed by atoms with E-state index in [2.05, 4.69) is 34.6 Å². The van der Waals surface area contributed by atoms with Crippen molar-refractivity contribution >= 4 is 5.97 Å². The number of hydrogen-bond acceptors (Lipinski definition) is 5. The molecule has 5 heteroatoms. The predicted octanol–water partition coefficient (Wildman–Crippen LogP) is 4.76. The van der Waals surface area contributed by atoms with E-state index in [4.69, 9.17) is 9.47 Å². The molecule has 3 aromatic rings. The van der Waals surface area contributed by atoms with E-state index in [1.807, 2.05) is 57.2 Å². The number of hydrogen-bond donors (Lipinski definition) is 1. The summed E-state index contributed by atoms with van der Waals surface area (Å²) >= 11 is 0. The maximum atomic E-state index is 11.8. The lowest BCUT2D eigenvalue weighted by Gasteiger charge is -2.19. The first-order valence-corrected chi connectivity index (χ1v) is 10.0. The zero-order chi connectivity index (χ0) is 21.4. The second-order valence-corrected chi connectivity index (χ2v) is 8.06. The van der Waals surface area contributed by atoms with E-state index in [1.54, 1.807) is 12.4 Å². The number of pyridine rings is 1. The van der Waals surface area contributed by atoms with Gasteiger partial charge in [0.15, 0.2) is 6.61 Å². The van der Waals surface area contributed by atoms with Gasteiger partial charge in [0, 0.05) is 25.5 Å². The molecule has 0 radical (unpaired) electrons. The Labute approximate surface area is 178 Å². The number of ether oxygens (including phenoxy) is 2. The lowest BCUT2D eigenvalue weighted by molar-refractivity contribution is -0.157. The van der Waals surface area contributed by atoms with E-state index in [0.717, 1.165) is 17.7 Å². The van der Waals surface area contributed by atoms with Crippen molar-refractivity contribution in [3.8, 4) is 16.9 Å². The lowest BCUT2D eigenvalue weighted by atomic mass is 10.1. The minimum atomic E-state index is -0.511. The SMILES string of the molecule is CC(C)(C)OC(=O)COc1cccc(CNCc2ccc(-c3ccncc3)cc2)c1. The van der Waals surface area contributed by atoms with Crippen LogP contribution in [0.4, 0.5) is 0 Å². The smallest absolute Gasteiger partial charge is 0.344 e. The molecule has 0 saturated heterocycles. The molecule has 0 aliphatic carbocycles. The molecule has 156 valence electrons. The standard InChI is InChI=1S/C25H28N2O3/c1-25(2,3)30-24(28)18-29-23-6-4-5-20(15-23)17-27-16-19-7-9-21(10-8-19)22-11-13-26-14-12-22/h4-15,27H,16-18H2,1-3H3. The number of carbonyl (C=O) groups excluding carboxylic acids is 1. The van der Waals surface area contributed by atoms with Crippen molar-refractivity contribution in [2.45, 2.75) is 39.5 Å². The molecule has 5 nitrogen and oxygen atoms in total. The van der Waals surface area contributed by atoms with E-state index in [-0.39, 0.29) is 12.6 Å². The molecule has 0 atom stereocenters. The third kappa shape index (κ3) is 7.01. The first-order chi connectivity index (χ1) is 14.4. The summed E-state index contributed by atoms with van der Waals surface area (Å²) in [5.74, 6) is 0.281. The van der Waals surface area contributed by atoms with Crippen LogP contribution in [-0.4, -0.2) is 23.2 Å². The average Bonchev–Trinajstić information content (AvgIpc) is 2.73. The fraction of sp³-hybridized carbons (Fsp3) is 0.280. The summed E-state index contributed by atoms with van der Waals surface area (Å²) < 4.78 is 10.8. The van der Waals surface area contributed by atoms with Gasteiger partial charge in [-0.1, -0.05) is 36.4 Å². The Bertz CT molecular complexity index is 948. The number of carbonyl (C=O) groups is 1. The Morgan fingerprint density at radius 1 is 0.900 bits per heavy atom. The number of rotatable bonds is 8. The van der Waals surface area contributed by atoms with Crippen LogP contribution in [0.25, 0.3) is 11.1 Å². The molecule has 0 bridgehead atoms. The second-order valence-electron chi connectivity index (χ2n) is 8.06. The highest BCUT2D eigenvalue weighted by Gasteiger charge is 2.16. The number of esters is 1. The molecular formula is C25H28N2O3. The summed E-state index contributed by atoms with van der Waals surface area (Å²) in [6.07, 6.45) is 3.60. The highest BCUT2D eigenvalue weighted by molar-refractivity contribution is 5.71. The van der Waals surface area contributed by atoms with E-state index >= 15 is 0 Å². The molecule has 0 aliphatic heterocycles. The van der Waals surface area contributed by atoms with Gasteiger partial charge in [-0.3, -0.25) is 4.98 Å². The highest BCUT2D eigenvalue weighted by atomic mass is 16.6. The zero-order valence-corrected chi connectivity index (χ0v) is 17.7. The number of nitrogens with one attached hydrogen (secondary N) is 1. The molecule has 1 heterocycles. The molecule has 2 aromatic carbocycles. The molecule has 30 heavy (non-hydrogen) atoms. The molecular weight excluding hydrogens is 376 g/mol. The normalized spacial score (nSPS) is 11.2. The van der Waals surface area contributed by atoms with Crippen LogP contribution < -0.4 is 10.1 Å². The van der Waals surface area contributed by atoms with Crippen molar-refractivity contribution in [2.24, 2.45) is 0 Å². The molecule has 0 fully saturated rings. The highest BCUT2D eigenvalue weighted by Crippen LogP contribution is 2.19. The van der Waals surface area contributed by atoms with Gasteiger partial charge in [-0.15, -0.1) is 0 Å². The minimum Gasteiger partial charge on any atom is -0.482 e. The van der Waals surface area contributed by atoms with Crippen LogP contribution in [-0.2, 0) is 22.6 Å². The molecule has 1 N–H and O–H groups in total. The Hall–Kier alpha value is -3.18. The summed E-state index contributed by atoms with van der Waals surface area (Å²) in [4.78, 5) is 15.9. The largest absolute Gasteiger partial charge is 0.482 e. The van der Waals surface area contributed by atoms with Gasteiger partial charge in [0.1, 0.15) is 11.4 Å². The average molecular weight is 405 g/mol. The monoisotopic (exact) mass is 404 g/mol. The fourth-order valence-corrected chi connectivity index (χ4v) is 2.97. The predicted molar refractivity (Wildman–Crippen MR) is 118 cm³/mol. The quantitative estimate of drug-likeness (QED) is 0.549. The van der Waals surface area contributed by atoms with Gasteiger partial charge < -0.3 is 14.8 Å². The van der Waals surface area contributed by atoms with Crippen LogP contribution in [0.2, 0.25) is 0 Å². The second kappa shape index (κ2) is 10.0. The van der Waals surface area contributed by atoms with E-state index in [9.17, 15) is 4.79 Å². The van der Waals surface area contributed by atoms with Crippen LogP contribution >= 0.6 is 0 Å². The Morgan fingerprint density at radius 3 is 2.27 bits per heavy atom. The van der Waals surface area contributed by atoms with Gasteiger partial charge >= 0.3 is 5.97 Å². The molecule has 0 aliphatic rings. The summed E-state index contributed by atoms with van der Waals surface area (Å²) in [6, 6.07) is 20.2. The van der Waals surface area contributed by atoms with Crippen LogP contribution in [0.1, 0.15) is 31.9 Å². The van der Waals surface area contributed by atoms with Crippen molar-refractivity contribution in [1.29, 1.82) is 0 Å². The van der Waals surface area contributed by atoms with Gasteiger partial charge in [0.05, 0.1) is 0 Å². The summed E-state index contributed by atoms with van der Waals surface area (Å²) in [5.41, 5.74) is 4.13. The Kier molecular flexibility index (Phi) is 7.20. The van der Waals surface area contributed by atoms with Gasteiger partial charge in [0.2, 0.25) is 0 Å². The van der Waals surface area contributed by atoms with Crippen LogP contribution in [0.15, 0.2) is 73.1 Å². The molecule has 3 rings (SSSR count). The van der Waals surface area contributed by atoms with Crippen LogP contribution in [0.3, 0.4) is 0 Å². The van der Waals surface area contributed by atoms with Gasteiger partial charge in [-0.2, -0.15) is 0 Å². The Balaban J connectivity index is 1.47. The first kappa shape index (κ1) is 21.5. The van der Waals surface area contributed by atoms with E-state index in [0.29, 0.717) is 12.3 Å². The van der Waals surface area contributed by atoms with Gasteiger partial charge in [-0.25, -0.2) is 4.79 Å². The molecule has 0 spiro atoms. The number of aromatic nitrogens is 1.